The summed E-state index contributed by atoms with van der Waals surface area (Å²) in [7, 11) is 0. The van der Waals surface area contributed by atoms with Gasteiger partial charge in [-0.1, -0.05) is 20.8 Å². The summed E-state index contributed by atoms with van der Waals surface area (Å²) >= 11 is 0. The van der Waals surface area contributed by atoms with Gasteiger partial charge >= 0.3 is 0 Å². The molecule has 1 saturated heterocycles. The second-order valence-electron chi connectivity index (χ2n) is 4.93. The summed E-state index contributed by atoms with van der Waals surface area (Å²) in [4.78, 5) is 12.3. The molecule has 2 aliphatic heterocycles. The number of aliphatic imine (C=N–C) groups is 1. The highest BCUT2D eigenvalue weighted by molar-refractivity contribution is 5.83. The molecule has 2 rings (SSSR count). The van der Waals surface area contributed by atoms with Crippen LogP contribution in [-0.2, 0) is 4.84 Å². The highest BCUT2D eigenvalue weighted by atomic mass is 16.7. The minimum Gasteiger partial charge on any atom is -0.257 e. The van der Waals surface area contributed by atoms with E-state index in [4.69, 9.17) is 4.84 Å². The van der Waals surface area contributed by atoms with E-state index in [1.165, 1.54) is 12.8 Å². The van der Waals surface area contributed by atoms with E-state index in [9.17, 15) is 0 Å². The van der Waals surface area contributed by atoms with Crippen molar-refractivity contribution in [2.45, 2.75) is 40.0 Å². The molecule has 0 aromatic carbocycles. The van der Waals surface area contributed by atoms with Gasteiger partial charge in [-0.3, -0.25) is 4.90 Å². The van der Waals surface area contributed by atoms with E-state index in [1.54, 1.807) is 0 Å². The normalized spacial score (nSPS) is 29.3. The Hall–Kier alpha value is -0.610. The van der Waals surface area contributed by atoms with Gasteiger partial charge in [0, 0.05) is 19.0 Å². The zero-order chi connectivity index (χ0) is 10.8. The number of nitrogens with zero attached hydrogens (tertiary/aromatic N) is 2. The number of nitrogens with one attached hydrogen (secondary N) is 1. The third kappa shape index (κ3) is 2.49. The predicted octanol–water partition coefficient (Wildman–Crippen LogP) is 1.59. The van der Waals surface area contributed by atoms with Gasteiger partial charge in [0.15, 0.2) is 0 Å². The zero-order valence-corrected chi connectivity index (χ0v) is 9.86. The molecule has 0 amide bonds. The van der Waals surface area contributed by atoms with E-state index in [0.29, 0.717) is 5.92 Å². The van der Waals surface area contributed by atoms with Gasteiger partial charge in [-0.15, -0.1) is 0 Å². The van der Waals surface area contributed by atoms with Gasteiger partial charge in [0.2, 0.25) is 6.35 Å². The van der Waals surface area contributed by atoms with Crippen LogP contribution in [0.5, 0.6) is 0 Å². The van der Waals surface area contributed by atoms with Crippen LogP contribution in [0.2, 0.25) is 0 Å². The Morgan fingerprint density at radius 2 is 2.07 bits per heavy atom. The van der Waals surface area contributed by atoms with E-state index < -0.39 is 0 Å². The highest BCUT2D eigenvalue weighted by Gasteiger charge is 2.28. The summed E-state index contributed by atoms with van der Waals surface area (Å²) in [5.74, 6) is 2.24. The minimum atomic E-state index is -0.0881. The maximum atomic E-state index is 5.47. The van der Waals surface area contributed by atoms with Crippen LogP contribution in [0, 0.1) is 11.8 Å². The number of hydrogen-bond donors (Lipinski definition) is 1. The van der Waals surface area contributed by atoms with Crippen LogP contribution in [-0.4, -0.2) is 30.2 Å². The molecule has 0 bridgehead atoms. The molecule has 0 aromatic heterocycles. The largest absolute Gasteiger partial charge is 0.257 e. The van der Waals surface area contributed by atoms with Gasteiger partial charge in [0.1, 0.15) is 5.84 Å². The quantitative estimate of drug-likeness (QED) is 0.753. The second kappa shape index (κ2) is 4.49. The first-order chi connectivity index (χ1) is 7.16. The van der Waals surface area contributed by atoms with E-state index in [2.05, 4.69) is 36.1 Å². The van der Waals surface area contributed by atoms with Crippen molar-refractivity contribution < 1.29 is 4.84 Å². The summed E-state index contributed by atoms with van der Waals surface area (Å²) in [5.41, 5.74) is 2.92. The molecule has 0 spiro atoms. The Kier molecular flexibility index (Phi) is 3.26. The maximum absolute atomic E-state index is 5.47. The van der Waals surface area contributed by atoms with Crippen LogP contribution in [0.25, 0.3) is 0 Å². The Balaban J connectivity index is 1.90. The van der Waals surface area contributed by atoms with Crippen molar-refractivity contribution in [3.63, 3.8) is 0 Å². The fraction of sp³-hybridized carbons (Fsp3) is 0.909. The van der Waals surface area contributed by atoms with Crippen LogP contribution in [0.1, 0.15) is 33.6 Å². The number of amidine groups is 1. The highest BCUT2D eigenvalue weighted by Crippen LogP contribution is 2.20. The SMILES string of the molecule is CC1CCN(C2N=C(C(C)C)NO2)CC1. The first-order valence-electron chi connectivity index (χ1n) is 5.90. The smallest absolute Gasteiger partial charge is 0.233 e. The number of hydroxylamine groups is 1. The molecule has 2 aliphatic rings. The van der Waals surface area contributed by atoms with Gasteiger partial charge in [-0.25, -0.2) is 15.3 Å². The van der Waals surface area contributed by atoms with Crippen LogP contribution in [0.15, 0.2) is 4.99 Å². The van der Waals surface area contributed by atoms with Crippen LogP contribution in [0.4, 0.5) is 0 Å². The van der Waals surface area contributed by atoms with Crippen molar-refractivity contribution in [2.24, 2.45) is 16.8 Å². The number of likely N-dealkylation sites (tertiary alicyclic amines) is 1. The molecule has 0 saturated carbocycles. The molecule has 1 unspecified atom stereocenters. The third-order valence-corrected chi connectivity index (χ3v) is 3.20. The monoisotopic (exact) mass is 211 g/mol. The number of rotatable bonds is 2. The Labute approximate surface area is 91.6 Å². The Morgan fingerprint density at radius 1 is 1.40 bits per heavy atom. The maximum Gasteiger partial charge on any atom is 0.233 e. The van der Waals surface area contributed by atoms with E-state index in [0.717, 1.165) is 24.8 Å². The average Bonchev–Trinajstić information content (AvgIpc) is 2.68. The second-order valence-corrected chi connectivity index (χ2v) is 4.93. The average molecular weight is 211 g/mol. The molecular formula is C11H21N3O. The third-order valence-electron chi connectivity index (χ3n) is 3.20. The van der Waals surface area contributed by atoms with Gasteiger partial charge in [-0.2, -0.15) is 0 Å². The van der Waals surface area contributed by atoms with Crippen molar-refractivity contribution >= 4 is 5.84 Å². The Morgan fingerprint density at radius 3 is 2.60 bits per heavy atom. The van der Waals surface area contributed by atoms with Gasteiger partial charge in [0.05, 0.1) is 0 Å². The minimum absolute atomic E-state index is 0.0881. The van der Waals surface area contributed by atoms with Crippen molar-refractivity contribution in [1.82, 2.24) is 10.4 Å². The summed E-state index contributed by atoms with van der Waals surface area (Å²) < 4.78 is 0. The standard InChI is InChI=1S/C11H21N3O/c1-8(2)10-12-11(15-13-10)14-6-4-9(3)5-7-14/h8-9,11H,4-7H2,1-3H3,(H,12,13). The molecule has 0 radical (unpaired) electrons. The molecule has 1 fully saturated rings. The van der Waals surface area contributed by atoms with Gasteiger partial charge < -0.3 is 0 Å². The lowest BCUT2D eigenvalue weighted by Gasteiger charge is -2.31. The summed E-state index contributed by atoms with van der Waals surface area (Å²) in [5, 5.41) is 0. The Bertz CT molecular complexity index is 244. The first-order valence-corrected chi connectivity index (χ1v) is 5.90. The van der Waals surface area contributed by atoms with Crippen molar-refractivity contribution in [3.05, 3.63) is 0 Å². The summed E-state index contributed by atoms with van der Waals surface area (Å²) in [6, 6.07) is 0. The molecule has 2 heterocycles. The molecule has 0 aromatic rings. The molecule has 4 heteroatoms. The molecule has 15 heavy (non-hydrogen) atoms. The van der Waals surface area contributed by atoms with E-state index in [-0.39, 0.29) is 6.35 Å². The predicted molar refractivity (Wildman–Crippen MR) is 60.3 cm³/mol. The number of piperidine rings is 1. The van der Waals surface area contributed by atoms with Crippen molar-refractivity contribution in [1.29, 1.82) is 0 Å². The number of hydrogen-bond acceptors (Lipinski definition) is 4. The lowest BCUT2D eigenvalue weighted by Crippen LogP contribution is -2.41. The van der Waals surface area contributed by atoms with Crippen LogP contribution < -0.4 is 5.48 Å². The fourth-order valence-electron chi connectivity index (χ4n) is 1.96. The molecule has 1 N–H and O–H groups in total. The van der Waals surface area contributed by atoms with Crippen LogP contribution >= 0.6 is 0 Å². The van der Waals surface area contributed by atoms with Crippen LogP contribution in [0.3, 0.4) is 0 Å². The molecule has 1 atom stereocenters. The molecule has 86 valence electrons. The topological polar surface area (TPSA) is 36.9 Å². The van der Waals surface area contributed by atoms with Crippen molar-refractivity contribution in [3.8, 4) is 0 Å². The van der Waals surface area contributed by atoms with Crippen molar-refractivity contribution in [2.75, 3.05) is 13.1 Å². The summed E-state index contributed by atoms with van der Waals surface area (Å²) in [6.07, 6.45) is 2.42. The van der Waals surface area contributed by atoms with Gasteiger partial charge in [-0.05, 0) is 18.8 Å². The van der Waals surface area contributed by atoms with Gasteiger partial charge in [0.25, 0.3) is 0 Å². The summed E-state index contributed by atoms with van der Waals surface area (Å²) in [6.45, 7) is 8.75. The lowest BCUT2D eigenvalue weighted by atomic mass is 10.00. The molecule has 4 nitrogen and oxygen atoms in total. The molecular weight excluding hydrogens is 190 g/mol. The van der Waals surface area contributed by atoms with E-state index in [1.807, 2.05) is 0 Å². The zero-order valence-electron chi connectivity index (χ0n) is 9.86. The first kappa shape index (κ1) is 10.9. The fourth-order valence-corrected chi connectivity index (χ4v) is 1.96. The lowest BCUT2D eigenvalue weighted by molar-refractivity contribution is -0.0763. The molecule has 0 aliphatic carbocycles. The van der Waals surface area contributed by atoms with E-state index >= 15 is 0 Å².